The third-order valence-corrected chi connectivity index (χ3v) is 7.45. The Morgan fingerprint density at radius 2 is 1.72 bits per heavy atom. The number of aryl methyl sites for hydroxylation is 1. The van der Waals surface area contributed by atoms with Crippen LogP contribution in [-0.4, -0.2) is 85.5 Å². The molecule has 0 saturated carbocycles. The summed E-state index contributed by atoms with van der Waals surface area (Å²) in [6, 6.07) is 15.7. The van der Waals surface area contributed by atoms with Crippen molar-refractivity contribution < 1.29 is 39.4 Å². The van der Waals surface area contributed by atoms with Gasteiger partial charge in [-0.2, -0.15) is 0 Å². The lowest BCUT2D eigenvalue weighted by Crippen LogP contribution is -2.46. The number of aliphatic hydroxyl groups is 2. The molecule has 46 heavy (non-hydrogen) atoms. The van der Waals surface area contributed by atoms with Crippen LogP contribution in [0.1, 0.15) is 34.5 Å². The molecule has 1 atom stereocenters. The molecule has 0 spiro atoms. The van der Waals surface area contributed by atoms with Crippen molar-refractivity contribution in [1.82, 2.24) is 14.9 Å². The van der Waals surface area contributed by atoms with Crippen molar-refractivity contribution in [2.75, 3.05) is 33.4 Å². The van der Waals surface area contributed by atoms with Crippen molar-refractivity contribution in [3.05, 3.63) is 104 Å². The number of methoxy groups -OCH3 is 1. The Labute approximate surface area is 263 Å². The number of fused-ring (bicyclic) bond motifs is 1. The van der Waals surface area contributed by atoms with Crippen LogP contribution in [0.3, 0.4) is 0 Å². The molecule has 5 rings (SSSR count). The molecule has 15 heteroatoms. The Balaban J connectivity index is 0.000000270. The largest absolute Gasteiger partial charge is 0.493 e. The first kappa shape index (κ1) is 33.6. The van der Waals surface area contributed by atoms with E-state index in [1.165, 1.54) is 0 Å². The summed E-state index contributed by atoms with van der Waals surface area (Å²) >= 11 is 0. The lowest BCUT2D eigenvalue weighted by atomic mass is 9.88. The predicted molar refractivity (Wildman–Crippen MR) is 165 cm³/mol. The van der Waals surface area contributed by atoms with Gasteiger partial charge in [0, 0.05) is 25.7 Å². The molecule has 4 aromatic rings. The number of benzene rings is 3. The van der Waals surface area contributed by atoms with Crippen molar-refractivity contribution in [2.24, 2.45) is 0 Å². The Hall–Kier alpha value is -5.25. The fourth-order valence-corrected chi connectivity index (χ4v) is 4.94. The highest BCUT2D eigenvalue weighted by atomic mass is 16.6. The summed E-state index contributed by atoms with van der Waals surface area (Å²) in [5.74, 6) is -0.224. The summed E-state index contributed by atoms with van der Waals surface area (Å²) in [5, 5.41) is 50.9. The number of non-ortho nitro benzene ring substituents is 1. The van der Waals surface area contributed by atoms with Crippen LogP contribution in [0.2, 0.25) is 0 Å². The molecule has 0 aliphatic carbocycles. The van der Waals surface area contributed by atoms with Crippen molar-refractivity contribution in [3.63, 3.8) is 0 Å². The number of β-amino-alcohol motifs (C(OH)–C–C–N with tert-alkyl or cyclic N) is 1. The Morgan fingerprint density at radius 1 is 1.02 bits per heavy atom. The number of nitrogens with zero attached hydrogens (tertiary/aromatic N) is 5. The molecule has 15 nitrogen and oxygen atoms in total. The molecule has 0 amide bonds. The molecule has 1 aromatic heterocycles. The summed E-state index contributed by atoms with van der Waals surface area (Å²) in [4.78, 5) is 40.6. The second kappa shape index (κ2) is 14.7. The third-order valence-electron chi connectivity index (χ3n) is 7.45. The van der Waals surface area contributed by atoms with Crippen LogP contribution in [0.15, 0.2) is 66.9 Å². The van der Waals surface area contributed by atoms with Gasteiger partial charge >= 0.3 is 5.97 Å². The number of piperidine rings is 1. The smallest absolute Gasteiger partial charge is 0.342 e. The van der Waals surface area contributed by atoms with Crippen molar-refractivity contribution in [3.8, 4) is 11.5 Å². The lowest BCUT2D eigenvalue weighted by molar-refractivity contribution is -0.394. The molecule has 1 aliphatic rings. The highest BCUT2D eigenvalue weighted by Gasteiger charge is 2.36. The molecule has 1 saturated heterocycles. The van der Waals surface area contributed by atoms with E-state index >= 15 is 0 Å². The number of likely N-dealkylation sites (tertiary alicyclic amines) is 1. The van der Waals surface area contributed by atoms with Crippen LogP contribution in [0.25, 0.3) is 11.0 Å². The normalized spacial score (nSPS) is 14.9. The molecular weight excluding hydrogens is 602 g/mol. The lowest BCUT2D eigenvalue weighted by Gasteiger charge is -2.38. The summed E-state index contributed by atoms with van der Waals surface area (Å²) in [7, 11) is 1.60. The van der Waals surface area contributed by atoms with E-state index in [-0.39, 0.29) is 6.61 Å². The maximum absolute atomic E-state index is 11.2. The van der Waals surface area contributed by atoms with Crippen LogP contribution < -0.4 is 9.47 Å². The first-order valence-corrected chi connectivity index (χ1v) is 14.2. The van der Waals surface area contributed by atoms with Gasteiger partial charge in [0.2, 0.25) is 0 Å². The Kier molecular flexibility index (Phi) is 10.7. The number of rotatable bonds is 10. The standard InChI is InChI=1S/C24H29N3O4.C7H4N2O6/c1-17-7-8-21(22(13-17)30-2)31-16-18(28)15-27-11-9-24(29,10-12-27)23-14-25-19-5-3-4-6-20(19)26-23;10-7(11)5-2-1-4(8(12)13)3-6(5)9(14)15/h3-8,13-14,18,28-29H,9-12,15-16H2,1-2H3;1-3H,(H,10,11). The fourth-order valence-electron chi connectivity index (χ4n) is 4.94. The van der Waals surface area contributed by atoms with E-state index in [1.807, 2.05) is 49.4 Å². The molecule has 1 unspecified atom stereocenters. The summed E-state index contributed by atoms with van der Waals surface area (Å²) in [5.41, 5.74) is 0.414. The van der Waals surface area contributed by atoms with E-state index in [2.05, 4.69) is 14.9 Å². The minimum Gasteiger partial charge on any atom is -0.493 e. The summed E-state index contributed by atoms with van der Waals surface area (Å²) in [6.07, 6.45) is 2.12. The molecule has 1 aliphatic heterocycles. The van der Waals surface area contributed by atoms with Gasteiger partial charge < -0.3 is 29.7 Å². The zero-order valence-corrected chi connectivity index (χ0v) is 25.1. The van der Waals surface area contributed by atoms with E-state index in [4.69, 9.17) is 14.6 Å². The van der Waals surface area contributed by atoms with E-state index in [1.54, 1.807) is 13.3 Å². The van der Waals surface area contributed by atoms with E-state index in [0.717, 1.165) is 28.7 Å². The van der Waals surface area contributed by atoms with Crippen molar-refractivity contribution in [1.29, 1.82) is 0 Å². The molecule has 0 bridgehead atoms. The number of carbonyl (C=O) groups is 1. The number of hydrogen-bond donors (Lipinski definition) is 3. The molecular formula is C31H33N5O10. The van der Waals surface area contributed by atoms with Gasteiger partial charge in [0.1, 0.15) is 23.9 Å². The maximum Gasteiger partial charge on any atom is 0.342 e. The quantitative estimate of drug-likeness (QED) is 0.167. The minimum atomic E-state index is -1.50. The van der Waals surface area contributed by atoms with Gasteiger partial charge in [0.05, 0.1) is 45.9 Å². The SMILES string of the molecule is COc1cc(C)ccc1OCC(O)CN1CCC(O)(c2cnc3ccccc3n2)CC1.O=C(O)c1ccc([N+](=O)[O-])cc1[N+](=O)[O-]. The van der Waals surface area contributed by atoms with E-state index in [9.17, 15) is 35.2 Å². The highest BCUT2D eigenvalue weighted by Crippen LogP contribution is 2.32. The summed E-state index contributed by atoms with van der Waals surface area (Å²) in [6.45, 7) is 3.97. The van der Waals surface area contributed by atoms with Crippen LogP contribution in [0.4, 0.5) is 11.4 Å². The first-order chi connectivity index (χ1) is 21.9. The third kappa shape index (κ3) is 8.26. The molecule has 2 heterocycles. The van der Waals surface area contributed by atoms with Crippen molar-refractivity contribution >= 4 is 28.4 Å². The zero-order chi connectivity index (χ0) is 33.4. The number of hydrogen-bond acceptors (Lipinski definition) is 12. The fraction of sp³-hybridized carbons (Fsp3) is 0.323. The number of aromatic nitrogens is 2. The Bertz CT molecular complexity index is 1730. The average Bonchev–Trinajstić information content (AvgIpc) is 3.04. The monoisotopic (exact) mass is 635 g/mol. The van der Waals surface area contributed by atoms with Gasteiger partial charge in [0.25, 0.3) is 11.4 Å². The van der Waals surface area contributed by atoms with Crippen LogP contribution in [0.5, 0.6) is 11.5 Å². The van der Waals surface area contributed by atoms with Gasteiger partial charge in [-0.15, -0.1) is 0 Å². The summed E-state index contributed by atoms with van der Waals surface area (Å²) < 4.78 is 11.1. The van der Waals surface area contributed by atoms with Crippen LogP contribution in [-0.2, 0) is 5.60 Å². The number of carboxylic acid groups (broad SMARTS) is 1. The second-order valence-electron chi connectivity index (χ2n) is 10.7. The maximum atomic E-state index is 11.2. The zero-order valence-electron chi connectivity index (χ0n) is 25.1. The topological polar surface area (TPSA) is 212 Å². The number of nitro benzene ring substituents is 2. The number of para-hydroxylation sites is 2. The van der Waals surface area contributed by atoms with Crippen LogP contribution in [0, 0.1) is 27.2 Å². The predicted octanol–water partition coefficient (Wildman–Crippen LogP) is 3.87. The Morgan fingerprint density at radius 3 is 2.35 bits per heavy atom. The van der Waals surface area contributed by atoms with Gasteiger partial charge in [-0.25, -0.2) is 9.78 Å². The minimum absolute atomic E-state index is 0.177. The average molecular weight is 636 g/mol. The molecule has 0 radical (unpaired) electrons. The van der Waals surface area contributed by atoms with Gasteiger partial charge in [-0.1, -0.05) is 18.2 Å². The van der Waals surface area contributed by atoms with Gasteiger partial charge in [-0.3, -0.25) is 25.2 Å². The van der Waals surface area contributed by atoms with E-state index in [0.29, 0.717) is 55.7 Å². The van der Waals surface area contributed by atoms with Gasteiger partial charge in [0.15, 0.2) is 11.5 Å². The van der Waals surface area contributed by atoms with E-state index < -0.39 is 44.5 Å². The molecule has 3 N–H and O–H groups in total. The second-order valence-corrected chi connectivity index (χ2v) is 10.7. The highest BCUT2D eigenvalue weighted by molar-refractivity contribution is 5.92. The first-order valence-electron chi connectivity index (χ1n) is 14.2. The molecule has 3 aromatic carbocycles. The van der Waals surface area contributed by atoms with Crippen LogP contribution >= 0.6 is 0 Å². The number of nitro groups is 2. The number of aromatic carboxylic acids is 1. The van der Waals surface area contributed by atoms with Crippen molar-refractivity contribution in [2.45, 2.75) is 31.5 Å². The number of ether oxygens (including phenoxy) is 2. The molecule has 242 valence electrons. The molecule has 1 fully saturated rings. The van der Waals surface area contributed by atoms with Gasteiger partial charge in [-0.05, 0) is 55.7 Å². The number of aliphatic hydroxyl groups excluding tert-OH is 1. The number of carboxylic acids is 1.